The van der Waals surface area contributed by atoms with Gasteiger partial charge in [-0.1, -0.05) is 23.2 Å². The van der Waals surface area contributed by atoms with Crippen LogP contribution in [0.1, 0.15) is 10.4 Å². The Balaban J connectivity index is 3.60. The Kier molecular flexibility index (Phi) is 3.46. The molecule has 0 saturated heterocycles. The Morgan fingerprint density at radius 1 is 1.07 bits per heavy atom. The number of rotatable bonds is 1. The number of carbonyl (C=O) groups excluding carboxylic acids is 1. The first-order chi connectivity index (χ1) is 6.91. The minimum atomic E-state index is -1.87. The van der Waals surface area contributed by atoms with Gasteiger partial charge in [-0.2, -0.15) is 0 Å². The second-order valence-electron chi connectivity index (χ2n) is 2.44. The molecule has 15 heavy (non-hydrogen) atoms. The van der Waals surface area contributed by atoms with Gasteiger partial charge in [0.2, 0.25) is 0 Å². The lowest BCUT2D eigenvalue weighted by atomic mass is 10.2. The van der Waals surface area contributed by atoms with Crippen molar-refractivity contribution in [1.29, 1.82) is 0 Å². The molecule has 0 bridgehead atoms. The molecule has 0 atom stereocenters. The molecule has 1 aromatic rings. The van der Waals surface area contributed by atoms with E-state index in [-0.39, 0.29) is 0 Å². The molecular formula is C8H3Cl2F3O2. The average Bonchev–Trinajstić information content (AvgIpc) is 2.23. The van der Waals surface area contributed by atoms with Crippen molar-refractivity contribution >= 4 is 29.2 Å². The van der Waals surface area contributed by atoms with Crippen LogP contribution in [0.5, 0.6) is 0 Å². The van der Waals surface area contributed by atoms with E-state index in [4.69, 9.17) is 23.2 Å². The number of hydrogen-bond donors (Lipinski definition) is 0. The highest BCUT2D eigenvalue weighted by Gasteiger charge is 2.27. The van der Waals surface area contributed by atoms with E-state index < -0.39 is 39.0 Å². The van der Waals surface area contributed by atoms with Crippen molar-refractivity contribution in [3.8, 4) is 0 Å². The molecule has 0 heterocycles. The number of benzene rings is 1. The van der Waals surface area contributed by atoms with Gasteiger partial charge in [0.15, 0.2) is 17.5 Å². The third kappa shape index (κ3) is 1.89. The Morgan fingerprint density at radius 2 is 1.60 bits per heavy atom. The molecule has 0 saturated carbocycles. The summed E-state index contributed by atoms with van der Waals surface area (Å²) in [7, 11) is 0.938. The summed E-state index contributed by atoms with van der Waals surface area (Å²) in [5, 5.41) is -1.59. The largest absolute Gasteiger partial charge is 0.465 e. The van der Waals surface area contributed by atoms with Gasteiger partial charge >= 0.3 is 5.97 Å². The van der Waals surface area contributed by atoms with Crippen LogP contribution in [0.15, 0.2) is 0 Å². The summed E-state index contributed by atoms with van der Waals surface area (Å²) in [6.45, 7) is 0. The third-order valence-electron chi connectivity index (χ3n) is 1.60. The third-order valence-corrected chi connectivity index (χ3v) is 2.43. The fourth-order valence-corrected chi connectivity index (χ4v) is 1.31. The predicted molar refractivity (Wildman–Crippen MR) is 47.7 cm³/mol. The van der Waals surface area contributed by atoms with Gasteiger partial charge in [-0.15, -0.1) is 0 Å². The van der Waals surface area contributed by atoms with Crippen molar-refractivity contribution in [3.63, 3.8) is 0 Å². The lowest BCUT2D eigenvalue weighted by Gasteiger charge is -2.07. The SMILES string of the molecule is COC(=O)c1c(F)c(F)c(F)c(Cl)c1Cl. The molecule has 0 amide bonds. The zero-order valence-electron chi connectivity index (χ0n) is 7.21. The smallest absolute Gasteiger partial charge is 0.342 e. The quantitative estimate of drug-likeness (QED) is 0.439. The Morgan fingerprint density at radius 3 is 2.07 bits per heavy atom. The minimum Gasteiger partial charge on any atom is -0.465 e. The van der Waals surface area contributed by atoms with Crippen LogP contribution in [0, 0.1) is 17.5 Å². The van der Waals surface area contributed by atoms with Crippen LogP contribution in [0.3, 0.4) is 0 Å². The summed E-state index contributed by atoms with van der Waals surface area (Å²) in [6.07, 6.45) is 0. The number of carbonyl (C=O) groups is 1. The summed E-state index contributed by atoms with van der Waals surface area (Å²) >= 11 is 10.6. The van der Waals surface area contributed by atoms with Crippen molar-refractivity contribution in [2.45, 2.75) is 0 Å². The maximum atomic E-state index is 13.1. The van der Waals surface area contributed by atoms with Crippen molar-refractivity contribution < 1.29 is 22.7 Å². The molecule has 7 heteroatoms. The summed E-state index contributed by atoms with van der Waals surface area (Å²) < 4.78 is 42.9. The van der Waals surface area contributed by atoms with Crippen molar-refractivity contribution in [2.24, 2.45) is 0 Å². The van der Waals surface area contributed by atoms with Crippen molar-refractivity contribution in [1.82, 2.24) is 0 Å². The molecule has 0 aliphatic rings. The number of ether oxygens (including phenoxy) is 1. The highest BCUT2D eigenvalue weighted by molar-refractivity contribution is 6.43. The van der Waals surface area contributed by atoms with Crippen molar-refractivity contribution in [2.75, 3.05) is 7.11 Å². The topological polar surface area (TPSA) is 26.3 Å². The molecule has 0 N–H and O–H groups in total. The highest BCUT2D eigenvalue weighted by atomic mass is 35.5. The molecule has 0 unspecified atom stereocenters. The molecule has 0 spiro atoms. The summed E-state index contributed by atoms with van der Waals surface area (Å²) in [5.74, 6) is -6.48. The van der Waals surface area contributed by atoms with Gasteiger partial charge in [-0.05, 0) is 0 Å². The summed E-state index contributed by atoms with van der Waals surface area (Å²) in [5.41, 5.74) is -0.928. The lowest BCUT2D eigenvalue weighted by molar-refractivity contribution is 0.0594. The molecule has 0 aliphatic carbocycles. The standard InChI is InChI=1S/C8H3Cl2F3O2/c1-15-8(14)2-3(9)4(10)6(12)7(13)5(2)11/h1H3. The maximum absolute atomic E-state index is 13.1. The molecule has 1 aromatic carbocycles. The Labute approximate surface area is 92.5 Å². The zero-order chi connectivity index (χ0) is 11.7. The van der Waals surface area contributed by atoms with Gasteiger partial charge in [0.05, 0.1) is 17.2 Å². The monoisotopic (exact) mass is 258 g/mol. The molecule has 0 aromatic heterocycles. The minimum absolute atomic E-state index is 0.722. The van der Waals surface area contributed by atoms with Crippen LogP contribution < -0.4 is 0 Å². The van der Waals surface area contributed by atoms with Gasteiger partial charge in [0.1, 0.15) is 5.56 Å². The molecule has 82 valence electrons. The van der Waals surface area contributed by atoms with E-state index in [9.17, 15) is 18.0 Å². The normalized spacial score (nSPS) is 10.3. The predicted octanol–water partition coefficient (Wildman–Crippen LogP) is 3.20. The van der Waals surface area contributed by atoms with E-state index in [1.807, 2.05) is 0 Å². The van der Waals surface area contributed by atoms with Gasteiger partial charge in [-0.25, -0.2) is 18.0 Å². The van der Waals surface area contributed by atoms with Gasteiger partial charge < -0.3 is 4.74 Å². The fraction of sp³-hybridized carbons (Fsp3) is 0.125. The average molecular weight is 259 g/mol. The summed E-state index contributed by atoms with van der Waals surface area (Å²) in [6, 6.07) is 0. The van der Waals surface area contributed by atoms with E-state index in [0.29, 0.717) is 0 Å². The lowest BCUT2D eigenvalue weighted by Crippen LogP contribution is -2.09. The van der Waals surface area contributed by atoms with E-state index in [2.05, 4.69) is 4.74 Å². The molecule has 1 rings (SSSR count). The first-order valence-electron chi connectivity index (χ1n) is 3.51. The van der Waals surface area contributed by atoms with Crippen LogP contribution in [-0.4, -0.2) is 13.1 Å². The number of halogens is 5. The molecule has 0 radical (unpaired) electrons. The molecule has 2 nitrogen and oxygen atoms in total. The summed E-state index contributed by atoms with van der Waals surface area (Å²) in [4.78, 5) is 11.0. The first-order valence-corrected chi connectivity index (χ1v) is 4.27. The molecular weight excluding hydrogens is 256 g/mol. The van der Waals surface area contributed by atoms with Crippen LogP contribution in [0.2, 0.25) is 10.0 Å². The van der Waals surface area contributed by atoms with Gasteiger partial charge in [-0.3, -0.25) is 0 Å². The van der Waals surface area contributed by atoms with E-state index in [1.165, 1.54) is 0 Å². The van der Waals surface area contributed by atoms with E-state index >= 15 is 0 Å². The van der Waals surface area contributed by atoms with E-state index in [0.717, 1.165) is 7.11 Å². The Hall–Kier alpha value is -0.940. The fourth-order valence-electron chi connectivity index (χ4n) is 0.886. The van der Waals surface area contributed by atoms with Crippen LogP contribution in [0.4, 0.5) is 13.2 Å². The number of methoxy groups -OCH3 is 1. The van der Waals surface area contributed by atoms with E-state index in [1.54, 1.807) is 0 Å². The first kappa shape index (κ1) is 12.1. The second-order valence-corrected chi connectivity index (χ2v) is 3.19. The number of hydrogen-bond acceptors (Lipinski definition) is 2. The van der Waals surface area contributed by atoms with Gasteiger partial charge in [0.25, 0.3) is 0 Å². The Bertz CT molecular complexity index is 405. The molecule has 0 aliphatic heterocycles. The maximum Gasteiger partial charge on any atom is 0.342 e. The van der Waals surface area contributed by atoms with Crippen LogP contribution in [-0.2, 0) is 4.74 Å². The molecule has 0 fully saturated rings. The van der Waals surface area contributed by atoms with Gasteiger partial charge in [0, 0.05) is 0 Å². The second kappa shape index (κ2) is 4.28. The van der Waals surface area contributed by atoms with Crippen LogP contribution >= 0.6 is 23.2 Å². The number of esters is 1. The van der Waals surface area contributed by atoms with Crippen LogP contribution in [0.25, 0.3) is 0 Å². The zero-order valence-corrected chi connectivity index (χ0v) is 8.72. The van der Waals surface area contributed by atoms with Crippen molar-refractivity contribution in [3.05, 3.63) is 33.1 Å². The highest BCUT2D eigenvalue weighted by Crippen LogP contribution is 2.33.